The predicted molar refractivity (Wildman–Crippen MR) is 72.1 cm³/mol. The summed E-state index contributed by atoms with van der Waals surface area (Å²) in [5.41, 5.74) is 1.34. The molecule has 0 spiro atoms. The van der Waals surface area contributed by atoms with Crippen LogP contribution in [-0.2, 0) is 9.53 Å². The van der Waals surface area contributed by atoms with Crippen LogP contribution in [0.5, 0.6) is 0 Å². The van der Waals surface area contributed by atoms with Crippen LogP contribution < -0.4 is 16.0 Å². The Bertz CT molecular complexity index is 455. The van der Waals surface area contributed by atoms with Gasteiger partial charge in [0.05, 0.1) is 12.5 Å². The second-order valence-corrected chi connectivity index (χ2v) is 4.27. The molecule has 0 unspecified atom stereocenters. The van der Waals surface area contributed by atoms with E-state index in [9.17, 15) is 9.59 Å². The molecule has 0 atom stereocenters. The first kappa shape index (κ1) is 13.4. The molecule has 2 rings (SSSR count). The van der Waals surface area contributed by atoms with E-state index in [1.165, 1.54) is 0 Å². The number of anilines is 2. The molecule has 102 valence electrons. The van der Waals surface area contributed by atoms with Gasteiger partial charge >= 0.3 is 6.09 Å². The number of rotatable bonds is 4. The van der Waals surface area contributed by atoms with Crippen molar-refractivity contribution in [3.8, 4) is 0 Å². The van der Waals surface area contributed by atoms with E-state index >= 15 is 0 Å². The molecule has 1 heterocycles. The average molecular weight is 263 g/mol. The van der Waals surface area contributed by atoms with Crippen molar-refractivity contribution in [2.75, 3.05) is 30.3 Å². The van der Waals surface area contributed by atoms with E-state index in [0.717, 1.165) is 13.1 Å². The second kappa shape index (κ2) is 6.19. The molecule has 6 heteroatoms. The number of carbonyl (C=O) groups excluding carboxylic acids is 2. The summed E-state index contributed by atoms with van der Waals surface area (Å²) in [4.78, 5) is 22.9. The van der Waals surface area contributed by atoms with Gasteiger partial charge in [-0.05, 0) is 31.2 Å². The smallest absolute Gasteiger partial charge is 0.411 e. The Morgan fingerprint density at radius 2 is 1.79 bits per heavy atom. The Morgan fingerprint density at radius 1 is 1.21 bits per heavy atom. The number of nitrogens with one attached hydrogen (secondary N) is 3. The third kappa shape index (κ3) is 3.69. The van der Waals surface area contributed by atoms with Gasteiger partial charge in [0, 0.05) is 24.5 Å². The maximum Gasteiger partial charge on any atom is 0.411 e. The number of hydrogen-bond donors (Lipinski definition) is 3. The first-order valence-corrected chi connectivity index (χ1v) is 6.24. The molecular formula is C13H17N3O3. The molecule has 0 saturated carbocycles. The largest absolute Gasteiger partial charge is 0.450 e. The lowest BCUT2D eigenvalue weighted by molar-refractivity contribution is -0.121. The molecule has 1 fully saturated rings. The lowest BCUT2D eigenvalue weighted by atomic mass is 10.0. The SMILES string of the molecule is CCOC(=O)Nc1ccc(NC(=O)C2CNC2)cc1. The predicted octanol–water partition coefficient (Wildman–Crippen LogP) is 1.41. The number of carbonyl (C=O) groups is 2. The van der Waals surface area contributed by atoms with Gasteiger partial charge in [0.25, 0.3) is 0 Å². The summed E-state index contributed by atoms with van der Waals surface area (Å²) in [5.74, 6) is 0.0715. The highest BCUT2D eigenvalue weighted by Gasteiger charge is 2.24. The molecule has 0 bridgehead atoms. The Kier molecular flexibility index (Phi) is 4.35. The lowest BCUT2D eigenvalue weighted by Crippen LogP contribution is -2.48. The zero-order valence-electron chi connectivity index (χ0n) is 10.7. The van der Waals surface area contributed by atoms with Gasteiger partial charge in [0.2, 0.25) is 5.91 Å². The summed E-state index contributed by atoms with van der Waals surface area (Å²) >= 11 is 0. The van der Waals surface area contributed by atoms with Crippen LogP contribution in [0.25, 0.3) is 0 Å². The summed E-state index contributed by atoms with van der Waals surface area (Å²) in [6, 6.07) is 6.91. The number of ether oxygens (including phenoxy) is 1. The van der Waals surface area contributed by atoms with Crippen LogP contribution in [0.3, 0.4) is 0 Å². The molecule has 0 aliphatic carbocycles. The van der Waals surface area contributed by atoms with E-state index < -0.39 is 6.09 Å². The van der Waals surface area contributed by atoms with Crippen LogP contribution in [0.2, 0.25) is 0 Å². The molecule has 0 aromatic heterocycles. The molecule has 3 N–H and O–H groups in total. The summed E-state index contributed by atoms with van der Waals surface area (Å²) < 4.78 is 4.77. The van der Waals surface area contributed by atoms with Crippen LogP contribution in [-0.4, -0.2) is 31.7 Å². The lowest BCUT2D eigenvalue weighted by Gasteiger charge is -2.25. The standard InChI is InChI=1S/C13H17N3O3/c1-2-19-13(18)16-11-5-3-10(4-6-11)15-12(17)9-7-14-8-9/h3-6,9,14H,2,7-8H2,1H3,(H,15,17)(H,16,18). The summed E-state index contributed by atoms with van der Waals surface area (Å²) in [5, 5.41) is 8.46. The van der Waals surface area contributed by atoms with Crippen molar-refractivity contribution in [1.29, 1.82) is 0 Å². The van der Waals surface area contributed by atoms with Crippen molar-refractivity contribution in [3.05, 3.63) is 24.3 Å². The fraction of sp³-hybridized carbons (Fsp3) is 0.385. The van der Waals surface area contributed by atoms with Crippen LogP contribution in [0.15, 0.2) is 24.3 Å². The quantitative estimate of drug-likeness (QED) is 0.767. The van der Waals surface area contributed by atoms with E-state index in [0.29, 0.717) is 18.0 Å². The Hall–Kier alpha value is -2.08. The number of benzene rings is 1. The van der Waals surface area contributed by atoms with Gasteiger partial charge in [-0.1, -0.05) is 0 Å². The van der Waals surface area contributed by atoms with Gasteiger partial charge in [-0.15, -0.1) is 0 Å². The average Bonchev–Trinajstić information content (AvgIpc) is 2.29. The number of hydrogen-bond acceptors (Lipinski definition) is 4. The monoisotopic (exact) mass is 263 g/mol. The molecule has 0 radical (unpaired) electrons. The molecule has 6 nitrogen and oxygen atoms in total. The van der Waals surface area contributed by atoms with E-state index in [4.69, 9.17) is 4.74 Å². The van der Waals surface area contributed by atoms with Crippen molar-refractivity contribution >= 4 is 23.4 Å². The molecule has 1 aromatic carbocycles. The minimum atomic E-state index is -0.486. The fourth-order valence-corrected chi connectivity index (χ4v) is 1.64. The summed E-state index contributed by atoms with van der Waals surface area (Å²) in [6.45, 7) is 3.53. The summed E-state index contributed by atoms with van der Waals surface area (Å²) in [7, 11) is 0. The van der Waals surface area contributed by atoms with Crippen molar-refractivity contribution in [3.63, 3.8) is 0 Å². The first-order valence-electron chi connectivity index (χ1n) is 6.24. The molecule has 2 amide bonds. The first-order chi connectivity index (χ1) is 9.19. The highest BCUT2D eigenvalue weighted by Crippen LogP contribution is 2.15. The van der Waals surface area contributed by atoms with Crippen LogP contribution in [0.4, 0.5) is 16.2 Å². The van der Waals surface area contributed by atoms with Crippen LogP contribution in [0.1, 0.15) is 6.92 Å². The minimum absolute atomic E-state index is 0.0184. The zero-order valence-corrected chi connectivity index (χ0v) is 10.7. The maximum absolute atomic E-state index is 11.7. The van der Waals surface area contributed by atoms with Gasteiger partial charge in [-0.3, -0.25) is 10.1 Å². The van der Waals surface area contributed by atoms with Crippen molar-refractivity contribution in [2.24, 2.45) is 5.92 Å². The number of amides is 2. The summed E-state index contributed by atoms with van der Waals surface area (Å²) in [6.07, 6.45) is -0.486. The van der Waals surface area contributed by atoms with Crippen LogP contribution >= 0.6 is 0 Å². The topological polar surface area (TPSA) is 79.5 Å². The zero-order chi connectivity index (χ0) is 13.7. The van der Waals surface area contributed by atoms with Crippen LogP contribution in [0, 0.1) is 5.92 Å². The van der Waals surface area contributed by atoms with Crippen molar-refractivity contribution in [2.45, 2.75) is 6.92 Å². The minimum Gasteiger partial charge on any atom is -0.450 e. The Balaban J connectivity index is 1.87. The molecule has 1 saturated heterocycles. The Morgan fingerprint density at radius 3 is 2.26 bits per heavy atom. The fourth-order valence-electron chi connectivity index (χ4n) is 1.64. The van der Waals surface area contributed by atoms with Gasteiger partial charge in [-0.2, -0.15) is 0 Å². The molecule has 1 aromatic rings. The highest BCUT2D eigenvalue weighted by molar-refractivity contribution is 5.94. The van der Waals surface area contributed by atoms with Gasteiger partial charge in [-0.25, -0.2) is 4.79 Å². The molecular weight excluding hydrogens is 246 g/mol. The van der Waals surface area contributed by atoms with E-state index in [2.05, 4.69) is 16.0 Å². The van der Waals surface area contributed by atoms with Gasteiger partial charge in [0.15, 0.2) is 0 Å². The second-order valence-electron chi connectivity index (χ2n) is 4.27. The Labute approximate surface area is 111 Å². The molecule has 19 heavy (non-hydrogen) atoms. The third-order valence-electron chi connectivity index (χ3n) is 2.83. The van der Waals surface area contributed by atoms with Crippen molar-refractivity contribution < 1.29 is 14.3 Å². The maximum atomic E-state index is 11.7. The van der Waals surface area contributed by atoms with Crippen molar-refractivity contribution in [1.82, 2.24) is 5.32 Å². The van der Waals surface area contributed by atoms with Gasteiger partial charge in [0.1, 0.15) is 0 Å². The highest BCUT2D eigenvalue weighted by atomic mass is 16.5. The third-order valence-corrected chi connectivity index (χ3v) is 2.83. The normalized spacial score (nSPS) is 14.4. The molecule has 1 aliphatic rings. The van der Waals surface area contributed by atoms with E-state index in [1.807, 2.05) is 0 Å². The van der Waals surface area contributed by atoms with Gasteiger partial charge < -0.3 is 15.4 Å². The van der Waals surface area contributed by atoms with E-state index in [1.54, 1.807) is 31.2 Å². The van der Waals surface area contributed by atoms with E-state index in [-0.39, 0.29) is 11.8 Å². The molecule has 1 aliphatic heterocycles.